The third-order valence-corrected chi connectivity index (χ3v) is 5.72. The number of pyridine rings is 1. The summed E-state index contributed by atoms with van der Waals surface area (Å²) in [6.07, 6.45) is 4.83. The zero-order chi connectivity index (χ0) is 20.4. The van der Waals surface area contributed by atoms with E-state index in [2.05, 4.69) is 44.9 Å². The molecule has 4 heteroatoms. The third kappa shape index (κ3) is 4.73. The molecule has 0 radical (unpaired) electrons. The molecule has 0 spiro atoms. The maximum absolute atomic E-state index is 12.7. The number of carbonyl (C=O) groups is 1. The van der Waals surface area contributed by atoms with E-state index in [1.165, 1.54) is 0 Å². The van der Waals surface area contributed by atoms with Crippen LogP contribution in [0.2, 0.25) is 0 Å². The van der Waals surface area contributed by atoms with Gasteiger partial charge in [0.2, 0.25) is 0 Å². The summed E-state index contributed by atoms with van der Waals surface area (Å²) in [5.74, 6) is 1.36. The first kappa shape index (κ1) is 20.4. The van der Waals surface area contributed by atoms with Crippen LogP contribution in [0.5, 0.6) is 5.75 Å². The number of nitrogens with zero attached hydrogens (tertiary/aromatic N) is 1. The predicted molar refractivity (Wildman–Crippen MR) is 112 cm³/mol. The van der Waals surface area contributed by atoms with E-state index in [-0.39, 0.29) is 23.0 Å². The Hall–Kier alpha value is -2.36. The van der Waals surface area contributed by atoms with Gasteiger partial charge in [-0.3, -0.25) is 9.78 Å². The van der Waals surface area contributed by atoms with E-state index in [1.54, 1.807) is 6.20 Å². The molecule has 1 fully saturated rings. The lowest BCUT2D eigenvalue weighted by molar-refractivity contribution is 0.0711. The van der Waals surface area contributed by atoms with Gasteiger partial charge in [0.15, 0.2) is 0 Å². The molecular weight excluding hydrogens is 348 g/mol. The highest BCUT2D eigenvalue weighted by atomic mass is 16.5. The van der Waals surface area contributed by atoms with Crippen molar-refractivity contribution in [1.29, 1.82) is 0 Å². The SMILES string of the molecule is CC(C)CC(C)(C)C(C)Oc1ccc(C(=O)NC2(c3ccccn3)CC2)cc1. The molecule has 28 heavy (non-hydrogen) atoms. The van der Waals surface area contributed by atoms with Crippen molar-refractivity contribution >= 4 is 5.91 Å². The van der Waals surface area contributed by atoms with Crippen LogP contribution in [-0.2, 0) is 5.54 Å². The number of rotatable bonds is 8. The number of ether oxygens (including phenoxy) is 1. The summed E-state index contributed by atoms with van der Waals surface area (Å²) in [4.78, 5) is 17.1. The lowest BCUT2D eigenvalue weighted by Crippen LogP contribution is -2.35. The Morgan fingerprint density at radius 3 is 2.36 bits per heavy atom. The van der Waals surface area contributed by atoms with Gasteiger partial charge in [0.1, 0.15) is 11.9 Å². The van der Waals surface area contributed by atoms with E-state index in [1.807, 2.05) is 42.5 Å². The monoisotopic (exact) mass is 380 g/mol. The minimum atomic E-state index is -0.303. The molecule has 4 nitrogen and oxygen atoms in total. The Morgan fingerprint density at radius 2 is 1.82 bits per heavy atom. The molecular formula is C24H32N2O2. The fourth-order valence-corrected chi connectivity index (χ4v) is 3.77. The molecule has 1 unspecified atom stereocenters. The molecule has 1 aliphatic rings. The molecule has 1 aromatic heterocycles. The van der Waals surface area contributed by atoms with Gasteiger partial charge in [-0.1, -0.05) is 33.8 Å². The standard InChI is InChI=1S/C24H32N2O2/c1-17(2)16-23(4,5)18(3)28-20-11-9-19(10-12-20)22(27)26-24(13-14-24)21-8-6-7-15-25-21/h6-12,15,17-18H,13-14,16H2,1-5H3,(H,26,27). The van der Waals surface area contributed by atoms with Crippen molar-refractivity contribution in [3.63, 3.8) is 0 Å². The fourth-order valence-electron chi connectivity index (χ4n) is 3.77. The van der Waals surface area contributed by atoms with Gasteiger partial charge in [-0.25, -0.2) is 0 Å². The van der Waals surface area contributed by atoms with Crippen LogP contribution in [-0.4, -0.2) is 17.0 Å². The maximum atomic E-state index is 12.7. The first-order chi connectivity index (χ1) is 13.2. The molecule has 1 N–H and O–H groups in total. The lowest BCUT2D eigenvalue weighted by Gasteiger charge is -2.33. The highest BCUT2D eigenvalue weighted by Gasteiger charge is 2.47. The number of carbonyl (C=O) groups excluding carboxylic acids is 1. The van der Waals surface area contributed by atoms with Crippen molar-refractivity contribution in [2.24, 2.45) is 11.3 Å². The number of nitrogens with one attached hydrogen (secondary N) is 1. The average Bonchev–Trinajstić information content (AvgIpc) is 3.42. The number of benzene rings is 1. The fraction of sp³-hybridized carbons (Fsp3) is 0.500. The summed E-state index contributed by atoms with van der Waals surface area (Å²) >= 11 is 0. The predicted octanol–water partition coefficient (Wildman–Crippen LogP) is 5.34. The van der Waals surface area contributed by atoms with Gasteiger partial charge in [-0.05, 0) is 68.5 Å². The Bertz CT molecular complexity index is 793. The molecule has 1 heterocycles. The quantitative estimate of drug-likeness (QED) is 0.672. The number of amides is 1. The second-order valence-electron chi connectivity index (χ2n) is 9.12. The summed E-state index contributed by atoms with van der Waals surface area (Å²) in [5, 5.41) is 3.16. The number of aromatic nitrogens is 1. The van der Waals surface area contributed by atoms with E-state index in [0.717, 1.165) is 30.7 Å². The average molecular weight is 381 g/mol. The van der Waals surface area contributed by atoms with Crippen LogP contribution in [0.15, 0.2) is 48.7 Å². The highest BCUT2D eigenvalue weighted by molar-refractivity contribution is 5.95. The minimum absolute atomic E-state index is 0.0668. The first-order valence-electron chi connectivity index (χ1n) is 10.2. The van der Waals surface area contributed by atoms with Crippen LogP contribution in [0, 0.1) is 11.3 Å². The maximum Gasteiger partial charge on any atom is 0.252 e. The van der Waals surface area contributed by atoms with E-state index in [9.17, 15) is 4.79 Å². The van der Waals surface area contributed by atoms with Crippen LogP contribution in [0.1, 0.15) is 69.9 Å². The molecule has 1 aromatic carbocycles. The van der Waals surface area contributed by atoms with Gasteiger partial charge >= 0.3 is 0 Å². The number of hydrogen-bond acceptors (Lipinski definition) is 3. The van der Waals surface area contributed by atoms with Gasteiger partial charge < -0.3 is 10.1 Å². The summed E-state index contributed by atoms with van der Waals surface area (Å²) in [6, 6.07) is 13.3. The molecule has 1 amide bonds. The lowest BCUT2D eigenvalue weighted by atomic mass is 9.79. The van der Waals surface area contributed by atoms with Crippen LogP contribution >= 0.6 is 0 Å². The Balaban J connectivity index is 1.62. The van der Waals surface area contributed by atoms with Crippen LogP contribution in [0.4, 0.5) is 0 Å². The Labute approximate surface area is 168 Å². The van der Waals surface area contributed by atoms with Crippen LogP contribution < -0.4 is 10.1 Å². The third-order valence-electron chi connectivity index (χ3n) is 5.72. The van der Waals surface area contributed by atoms with E-state index in [0.29, 0.717) is 11.5 Å². The molecule has 1 atom stereocenters. The van der Waals surface area contributed by atoms with Gasteiger partial charge in [-0.15, -0.1) is 0 Å². The zero-order valence-corrected chi connectivity index (χ0v) is 17.7. The van der Waals surface area contributed by atoms with Crippen LogP contribution in [0.25, 0.3) is 0 Å². The normalized spacial score (nSPS) is 16.5. The van der Waals surface area contributed by atoms with Crippen molar-refractivity contribution < 1.29 is 9.53 Å². The Morgan fingerprint density at radius 1 is 1.14 bits per heavy atom. The highest BCUT2D eigenvalue weighted by Crippen LogP contribution is 2.44. The van der Waals surface area contributed by atoms with E-state index < -0.39 is 0 Å². The van der Waals surface area contributed by atoms with Crippen molar-refractivity contribution in [3.05, 3.63) is 59.9 Å². The van der Waals surface area contributed by atoms with Crippen molar-refractivity contribution in [3.8, 4) is 5.75 Å². The summed E-state index contributed by atoms with van der Waals surface area (Å²) in [7, 11) is 0. The molecule has 3 rings (SSSR count). The topological polar surface area (TPSA) is 51.2 Å². The van der Waals surface area contributed by atoms with E-state index >= 15 is 0 Å². The van der Waals surface area contributed by atoms with Crippen molar-refractivity contribution in [2.75, 3.05) is 0 Å². The van der Waals surface area contributed by atoms with Gasteiger partial charge in [0, 0.05) is 17.2 Å². The first-order valence-corrected chi connectivity index (χ1v) is 10.2. The molecule has 0 aliphatic heterocycles. The molecule has 1 saturated carbocycles. The molecule has 1 aliphatic carbocycles. The molecule has 0 bridgehead atoms. The smallest absolute Gasteiger partial charge is 0.252 e. The molecule has 0 saturated heterocycles. The minimum Gasteiger partial charge on any atom is -0.490 e. The zero-order valence-electron chi connectivity index (χ0n) is 17.7. The molecule has 150 valence electrons. The van der Waals surface area contributed by atoms with Gasteiger partial charge in [-0.2, -0.15) is 0 Å². The Kier molecular flexibility index (Phi) is 5.78. The summed E-state index contributed by atoms with van der Waals surface area (Å²) in [6.45, 7) is 11.1. The number of hydrogen-bond donors (Lipinski definition) is 1. The summed E-state index contributed by atoms with van der Waals surface area (Å²) < 4.78 is 6.16. The van der Waals surface area contributed by atoms with Gasteiger partial charge in [0.05, 0.1) is 11.2 Å². The van der Waals surface area contributed by atoms with E-state index in [4.69, 9.17) is 4.74 Å². The molecule has 2 aromatic rings. The van der Waals surface area contributed by atoms with Crippen molar-refractivity contribution in [2.45, 2.75) is 65.5 Å². The largest absolute Gasteiger partial charge is 0.490 e. The van der Waals surface area contributed by atoms with Gasteiger partial charge in [0.25, 0.3) is 5.91 Å². The van der Waals surface area contributed by atoms with Crippen LogP contribution in [0.3, 0.4) is 0 Å². The second-order valence-corrected chi connectivity index (χ2v) is 9.12. The van der Waals surface area contributed by atoms with Crippen molar-refractivity contribution in [1.82, 2.24) is 10.3 Å². The summed E-state index contributed by atoms with van der Waals surface area (Å²) in [5.41, 5.74) is 1.36. The second kappa shape index (κ2) is 7.94.